The van der Waals surface area contributed by atoms with Gasteiger partial charge >= 0.3 is 0 Å². The summed E-state index contributed by atoms with van der Waals surface area (Å²) in [6, 6.07) is 7.51. The Morgan fingerprint density at radius 3 is 2.47 bits per heavy atom. The van der Waals surface area contributed by atoms with Crippen LogP contribution < -0.4 is 10.1 Å². The standard InChI is InChI=1S/C21H21F2N3O4S2/c1-4-26(5-2)32(28,29)19-11-14(6-8-15(19)22)20(27)25-21-24-17(12-31-21)13-7-9-18(30-3)16(23)10-13/h6-12H,4-5H2,1-3H3,(H,24,25,27). The molecule has 3 aromatic rings. The van der Waals surface area contributed by atoms with Gasteiger partial charge in [-0.1, -0.05) is 13.8 Å². The first-order valence-electron chi connectivity index (χ1n) is 9.61. The van der Waals surface area contributed by atoms with E-state index in [2.05, 4.69) is 10.3 Å². The molecule has 0 bridgehead atoms. The summed E-state index contributed by atoms with van der Waals surface area (Å²) in [6.45, 7) is 3.62. The number of nitrogens with one attached hydrogen (secondary N) is 1. The molecule has 1 amide bonds. The SMILES string of the molecule is CCN(CC)S(=O)(=O)c1cc(C(=O)Nc2nc(-c3ccc(OC)c(F)c3)cs2)ccc1F. The number of benzene rings is 2. The maximum absolute atomic E-state index is 14.3. The van der Waals surface area contributed by atoms with E-state index in [1.165, 1.54) is 25.3 Å². The van der Waals surface area contributed by atoms with E-state index in [1.807, 2.05) is 0 Å². The third kappa shape index (κ3) is 4.79. The van der Waals surface area contributed by atoms with Gasteiger partial charge in [-0.25, -0.2) is 22.2 Å². The molecule has 0 aliphatic rings. The highest BCUT2D eigenvalue weighted by Gasteiger charge is 2.26. The number of amides is 1. The normalized spacial score (nSPS) is 11.6. The van der Waals surface area contributed by atoms with Gasteiger partial charge in [0, 0.05) is 29.6 Å². The zero-order valence-corrected chi connectivity index (χ0v) is 19.2. The van der Waals surface area contributed by atoms with Crippen LogP contribution in [0.1, 0.15) is 24.2 Å². The molecule has 1 N–H and O–H groups in total. The van der Waals surface area contributed by atoms with Crippen LogP contribution >= 0.6 is 11.3 Å². The van der Waals surface area contributed by atoms with Gasteiger partial charge < -0.3 is 4.74 Å². The Kier molecular flexibility index (Phi) is 7.22. The lowest BCUT2D eigenvalue weighted by molar-refractivity contribution is 0.102. The molecule has 32 heavy (non-hydrogen) atoms. The van der Waals surface area contributed by atoms with Crippen molar-refractivity contribution in [1.29, 1.82) is 0 Å². The van der Waals surface area contributed by atoms with E-state index in [-0.39, 0.29) is 29.5 Å². The number of carbonyl (C=O) groups excluding carboxylic acids is 1. The van der Waals surface area contributed by atoms with Gasteiger partial charge in [-0.3, -0.25) is 10.1 Å². The second-order valence-electron chi connectivity index (χ2n) is 6.58. The zero-order valence-electron chi connectivity index (χ0n) is 17.6. The highest BCUT2D eigenvalue weighted by molar-refractivity contribution is 7.89. The van der Waals surface area contributed by atoms with E-state index in [0.717, 1.165) is 27.8 Å². The lowest BCUT2D eigenvalue weighted by Crippen LogP contribution is -2.31. The van der Waals surface area contributed by atoms with Crippen LogP contribution in [-0.4, -0.2) is 43.8 Å². The van der Waals surface area contributed by atoms with Crippen molar-refractivity contribution in [3.8, 4) is 17.0 Å². The fraction of sp³-hybridized carbons (Fsp3) is 0.238. The predicted octanol–water partition coefficient (Wildman–Crippen LogP) is 4.38. The topological polar surface area (TPSA) is 88.6 Å². The molecule has 1 aromatic heterocycles. The molecule has 0 unspecified atom stereocenters. The van der Waals surface area contributed by atoms with Crippen molar-refractivity contribution >= 4 is 32.4 Å². The van der Waals surface area contributed by atoms with Crippen molar-refractivity contribution in [2.75, 3.05) is 25.5 Å². The summed E-state index contributed by atoms with van der Waals surface area (Å²) in [5, 5.41) is 4.42. The molecule has 0 saturated heterocycles. The number of aromatic nitrogens is 1. The van der Waals surface area contributed by atoms with Crippen molar-refractivity contribution in [1.82, 2.24) is 9.29 Å². The lowest BCUT2D eigenvalue weighted by atomic mass is 10.1. The summed E-state index contributed by atoms with van der Waals surface area (Å²) in [5.74, 6) is -2.03. The molecular weight excluding hydrogens is 460 g/mol. The number of methoxy groups -OCH3 is 1. The van der Waals surface area contributed by atoms with E-state index in [0.29, 0.717) is 11.3 Å². The molecule has 11 heteroatoms. The highest BCUT2D eigenvalue weighted by atomic mass is 32.2. The molecule has 7 nitrogen and oxygen atoms in total. The van der Waals surface area contributed by atoms with E-state index in [9.17, 15) is 22.0 Å². The lowest BCUT2D eigenvalue weighted by Gasteiger charge is -2.19. The summed E-state index contributed by atoms with van der Waals surface area (Å²) in [4.78, 5) is 16.3. The molecule has 0 aliphatic carbocycles. The zero-order chi connectivity index (χ0) is 23.5. The number of hydrogen-bond acceptors (Lipinski definition) is 6. The summed E-state index contributed by atoms with van der Waals surface area (Å²) < 4.78 is 59.6. The molecular formula is C21H21F2N3O4S2. The monoisotopic (exact) mass is 481 g/mol. The Bertz CT molecular complexity index is 1240. The van der Waals surface area contributed by atoms with E-state index < -0.39 is 32.5 Å². The molecule has 170 valence electrons. The van der Waals surface area contributed by atoms with Crippen LogP contribution in [0.4, 0.5) is 13.9 Å². The quantitative estimate of drug-likeness (QED) is 0.516. The first kappa shape index (κ1) is 23.8. The second-order valence-corrected chi connectivity index (χ2v) is 9.34. The molecule has 0 atom stereocenters. The number of nitrogens with zero attached hydrogens (tertiary/aromatic N) is 2. The largest absolute Gasteiger partial charge is 0.494 e. The van der Waals surface area contributed by atoms with Crippen LogP contribution in [0.2, 0.25) is 0 Å². The fourth-order valence-electron chi connectivity index (χ4n) is 3.00. The molecule has 0 spiro atoms. The van der Waals surface area contributed by atoms with Crippen molar-refractivity contribution in [3.05, 3.63) is 59.0 Å². The highest BCUT2D eigenvalue weighted by Crippen LogP contribution is 2.29. The number of ether oxygens (including phenoxy) is 1. The van der Waals surface area contributed by atoms with Crippen LogP contribution in [0.25, 0.3) is 11.3 Å². The van der Waals surface area contributed by atoms with E-state index >= 15 is 0 Å². The molecule has 0 aliphatic heterocycles. The maximum atomic E-state index is 14.3. The van der Waals surface area contributed by atoms with Gasteiger partial charge in [-0.2, -0.15) is 4.31 Å². The minimum Gasteiger partial charge on any atom is -0.494 e. The second kappa shape index (κ2) is 9.72. The summed E-state index contributed by atoms with van der Waals surface area (Å²) in [6.07, 6.45) is 0. The molecule has 1 heterocycles. The minimum atomic E-state index is -4.08. The average molecular weight is 482 g/mol. The van der Waals surface area contributed by atoms with Crippen molar-refractivity contribution in [3.63, 3.8) is 0 Å². The van der Waals surface area contributed by atoms with Gasteiger partial charge in [-0.05, 0) is 36.4 Å². The summed E-state index contributed by atoms with van der Waals surface area (Å²) in [5.41, 5.74) is 0.898. The fourth-order valence-corrected chi connectivity index (χ4v) is 5.27. The Morgan fingerprint density at radius 1 is 1.12 bits per heavy atom. The third-order valence-corrected chi connectivity index (χ3v) is 7.51. The van der Waals surface area contributed by atoms with Gasteiger partial charge in [0.25, 0.3) is 5.91 Å². The van der Waals surface area contributed by atoms with E-state index in [4.69, 9.17) is 4.74 Å². The molecule has 0 fully saturated rings. The number of thiazole rings is 1. The number of hydrogen-bond donors (Lipinski definition) is 1. The Labute approximate surface area is 188 Å². The first-order chi connectivity index (χ1) is 15.2. The van der Waals surface area contributed by atoms with Gasteiger partial charge in [0.15, 0.2) is 16.7 Å². The van der Waals surface area contributed by atoms with Crippen LogP contribution in [0.5, 0.6) is 5.75 Å². The number of rotatable bonds is 8. The Morgan fingerprint density at radius 2 is 1.84 bits per heavy atom. The minimum absolute atomic E-state index is 0.0376. The smallest absolute Gasteiger partial charge is 0.257 e. The van der Waals surface area contributed by atoms with Gasteiger partial charge in [-0.15, -0.1) is 11.3 Å². The van der Waals surface area contributed by atoms with Crippen LogP contribution in [0.3, 0.4) is 0 Å². The van der Waals surface area contributed by atoms with Gasteiger partial charge in [0.2, 0.25) is 10.0 Å². The third-order valence-electron chi connectivity index (χ3n) is 4.69. The van der Waals surface area contributed by atoms with Crippen LogP contribution in [-0.2, 0) is 10.0 Å². The van der Waals surface area contributed by atoms with Gasteiger partial charge in [0.05, 0.1) is 12.8 Å². The van der Waals surface area contributed by atoms with Crippen molar-refractivity contribution in [2.45, 2.75) is 18.7 Å². The van der Waals surface area contributed by atoms with Crippen LogP contribution in [0.15, 0.2) is 46.7 Å². The number of carbonyl (C=O) groups is 1. The number of halogens is 2. The Hall–Kier alpha value is -2.89. The van der Waals surface area contributed by atoms with Crippen molar-refractivity contribution < 1.29 is 26.7 Å². The molecule has 0 saturated carbocycles. The van der Waals surface area contributed by atoms with E-state index in [1.54, 1.807) is 25.3 Å². The molecule has 2 aromatic carbocycles. The first-order valence-corrected chi connectivity index (χ1v) is 11.9. The molecule has 0 radical (unpaired) electrons. The summed E-state index contributed by atoms with van der Waals surface area (Å²) in [7, 11) is -2.72. The molecule has 3 rings (SSSR count). The Balaban J connectivity index is 1.84. The van der Waals surface area contributed by atoms with Crippen molar-refractivity contribution in [2.24, 2.45) is 0 Å². The average Bonchev–Trinajstić information content (AvgIpc) is 3.23. The number of sulfonamides is 1. The maximum Gasteiger partial charge on any atom is 0.257 e. The number of anilines is 1. The summed E-state index contributed by atoms with van der Waals surface area (Å²) >= 11 is 1.11. The van der Waals surface area contributed by atoms with Crippen LogP contribution in [0, 0.1) is 11.6 Å². The predicted molar refractivity (Wildman–Crippen MR) is 119 cm³/mol. The van der Waals surface area contributed by atoms with Gasteiger partial charge in [0.1, 0.15) is 10.7 Å².